The number of hydrogen-bond acceptors (Lipinski definition) is 2. The molecule has 0 aromatic rings. The van der Waals surface area contributed by atoms with Gasteiger partial charge in [0.15, 0.2) is 0 Å². The van der Waals surface area contributed by atoms with Crippen LogP contribution in [0.1, 0.15) is 0 Å². The Kier molecular flexibility index (Phi) is 11.2. The molecule has 51 valence electrons. The van der Waals surface area contributed by atoms with Crippen molar-refractivity contribution in [2.24, 2.45) is 0 Å². The van der Waals surface area contributed by atoms with Gasteiger partial charge in [-0.25, -0.2) is 0 Å². The monoisotopic (exact) mass is 215 g/mol. The second kappa shape index (κ2) is 5.02. The zero-order valence-electron chi connectivity index (χ0n) is 2.77. The molecule has 0 rings (SSSR count). The van der Waals surface area contributed by atoms with Crippen molar-refractivity contribution < 1.29 is 50.8 Å². The van der Waals surface area contributed by atoms with Gasteiger partial charge in [0.05, 0.1) is 0 Å². The molecule has 7 heteroatoms. The minimum Gasteiger partial charge on any atom is -0.264 e. The molecule has 0 atom stereocenters. The van der Waals surface area contributed by atoms with Gasteiger partial charge in [0.1, 0.15) is 0 Å². The van der Waals surface area contributed by atoms with E-state index in [1.165, 1.54) is 0 Å². The molecule has 0 aromatic heterocycles. The fourth-order valence-corrected chi connectivity index (χ4v) is 0. The third-order valence-corrected chi connectivity index (χ3v) is 0. The molecule has 0 aliphatic rings. The van der Waals surface area contributed by atoms with E-state index in [2.05, 4.69) is 0 Å². The molecule has 0 aliphatic heterocycles. The molecule has 0 bridgehead atoms. The van der Waals surface area contributed by atoms with Crippen molar-refractivity contribution in [3.8, 4) is 0 Å². The summed E-state index contributed by atoms with van der Waals surface area (Å²) in [5.41, 5.74) is 0. The average molecular weight is 216 g/mol. The Balaban J connectivity index is -0.0000000800. The van der Waals surface area contributed by atoms with Crippen LogP contribution >= 0.6 is 0 Å². The van der Waals surface area contributed by atoms with Crippen LogP contribution in [0.3, 0.4) is 0 Å². The van der Waals surface area contributed by atoms with E-state index < -0.39 is 10.4 Å². The molecular formula is H2CoNiO4S. The third-order valence-electron chi connectivity index (χ3n) is 0. The summed E-state index contributed by atoms with van der Waals surface area (Å²) >= 11 is 0. The standard InChI is InChI=1S/Co.Ni.H2O4S/c;;1-5(2,3)4/h;;(H2,1,2,3,4). The Morgan fingerprint density at radius 2 is 1.14 bits per heavy atom. The van der Waals surface area contributed by atoms with Crippen molar-refractivity contribution in [2.45, 2.75) is 0 Å². The third kappa shape index (κ3) is 215. The second-order valence-electron chi connectivity index (χ2n) is 0.448. The van der Waals surface area contributed by atoms with Crippen LogP contribution in [-0.4, -0.2) is 17.5 Å². The van der Waals surface area contributed by atoms with E-state index in [-0.39, 0.29) is 33.3 Å². The molecule has 0 spiro atoms. The van der Waals surface area contributed by atoms with E-state index >= 15 is 0 Å². The van der Waals surface area contributed by atoms with Gasteiger partial charge in [-0.05, 0) is 0 Å². The minimum atomic E-state index is -4.67. The van der Waals surface area contributed by atoms with E-state index in [1.807, 2.05) is 0 Å². The first-order valence-corrected chi connectivity index (χ1v) is 2.10. The molecule has 0 aromatic carbocycles. The number of hydrogen-bond donors (Lipinski definition) is 2. The molecule has 0 saturated heterocycles. The van der Waals surface area contributed by atoms with Gasteiger partial charge in [0.25, 0.3) is 0 Å². The van der Waals surface area contributed by atoms with Crippen LogP contribution in [-0.2, 0) is 43.7 Å². The van der Waals surface area contributed by atoms with Crippen LogP contribution < -0.4 is 0 Å². The Bertz CT molecular complexity index is 94.9. The fourth-order valence-electron chi connectivity index (χ4n) is 0. The summed E-state index contributed by atoms with van der Waals surface area (Å²) in [6.07, 6.45) is 0. The first-order chi connectivity index (χ1) is 2.00. The molecular weight excluding hydrogens is 214 g/mol. The summed E-state index contributed by atoms with van der Waals surface area (Å²) in [6.45, 7) is 0. The SMILES string of the molecule is O=S(=O)(O)O.[Co].[Ni]. The largest absolute Gasteiger partial charge is 0.394 e. The Labute approximate surface area is 61.4 Å². The van der Waals surface area contributed by atoms with E-state index in [0.717, 1.165) is 0 Å². The Morgan fingerprint density at radius 1 is 1.14 bits per heavy atom. The van der Waals surface area contributed by atoms with Gasteiger partial charge in [-0.1, -0.05) is 0 Å². The topological polar surface area (TPSA) is 74.6 Å². The van der Waals surface area contributed by atoms with Gasteiger partial charge >= 0.3 is 10.4 Å². The first-order valence-electron chi connectivity index (χ1n) is 0.698. The molecule has 0 amide bonds. The van der Waals surface area contributed by atoms with Gasteiger partial charge in [-0.3, -0.25) is 9.11 Å². The van der Waals surface area contributed by atoms with Crippen LogP contribution in [0.5, 0.6) is 0 Å². The number of rotatable bonds is 0. The van der Waals surface area contributed by atoms with Crippen molar-refractivity contribution in [3.05, 3.63) is 0 Å². The van der Waals surface area contributed by atoms with E-state index in [4.69, 9.17) is 17.5 Å². The van der Waals surface area contributed by atoms with E-state index in [9.17, 15) is 0 Å². The molecule has 7 heavy (non-hydrogen) atoms. The summed E-state index contributed by atoms with van der Waals surface area (Å²) in [6, 6.07) is 0. The van der Waals surface area contributed by atoms with Crippen LogP contribution in [0.2, 0.25) is 0 Å². The maximum Gasteiger partial charge on any atom is 0.394 e. The molecule has 0 aliphatic carbocycles. The van der Waals surface area contributed by atoms with Gasteiger partial charge < -0.3 is 0 Å². The van der Waals surface area contributed by atoms with Crippen LogP contribution in [0.15, 0.2) is 0 Å². The predicted octanol–water partition coefficient (Wildman–Crippen LogP) is -0.658. The molecule has 4 nitrogen and oxygen atoms in total. The maximum absolute atomic E-state index is 8.74. The maximum atomic E-state index is 8.74. The van der Waals surface area contributed by atoms with Crippen LogP contribution in [0.4, 0.5) is 0 Å². The van der Waals surface area contributed by atoms with Gasteiger partial charge in [-0.2, -0.15) is 8.42 Å². The molecule has 0 unspecified atom stereocenters. The van der Waals surface area contributed by atoms with Crippen molar-refractivity contribution in [1.82, 2.24) is 0 Å². The summed E-state index contributed by atoms with van der Waals surface area (Å²) in [7, 11) is -4.67. The normalized spacial score (nSPS) is 8.29. The Morgan fingerprint density at radius 3 is 1.14 bits per heavy atom. The van der Waals surface area contributed by atoms with Crippen molar-refractivity contribution in [1.29, 1.82) is 0 Å². The van der Waals surface area contributed by atoms with E-state index in [0.29, 0.717) is 0 Å². The summed E-state index contributed by atoms with van der Waals surface area (Å²) in [5, 5.41) is 0. The Hall–Kier alpha value is 0.870. The van der Waals surface area contributed by atoms with Crippen LogP contribution in [0, 0.1) is 0 Å². The van der Waals surface area contributed by atoms with Crippen molar-refractivity contribution >= 4 is 10.4 Å². The van der Waals surface area contributed by atoms with Crippen LogP contribution in [0.25, 0.3) is 0 Å². The van der Waals surface area contributed by atoms with Crippen molar-refractivity contribution in [3.63, 3.8) is 0 Å². The van der Waals surface area contributed by atoms with E-state index in [1.54, 1.807) is 0 Å². The molecule has 0 heterocycles. The van der Waals surface area contributed by atoms with Crippen molar-refractivity contribution in [2.75, 3.05) is 0 Å². The zero-order valence-corrected chi connectivity index (χ0v) is 5.61. The van der Waals surface area contributed by atoms with Gasteiger partial charge in [0.2, 0.25) is 0 Å². The predicted molar refractivity (Wildman–Crippen MR) is 14.2 cm³/mol. The fraction of sp³-hybridized carbons (Fsp3) is 0. The average Bonchev–Trinajstić information content (AvgIpc) is 0.722. The summed E-state index contributed by atoms with van der Waals surface area (Å²) in [5.74, 6) is 0. The minimum absolute atomic E-state index is 0. The quantitative estimate of drug-likeness (QED) is 0.416. The smallest absolute Gasteiger partial charge is 0.264 e. The first kappa shape index (κ1) is 15.7. The van der Waals surface area contributed by atoms with Gasteiger partial charge in [-0.15, -0.1) is 0 Å². The zero-order chi connectivity index (χ0) is 4.50. The molecule has 2 N–H and O–H groups in total. The molecule has 0 fully saturated rings. The molecule has 1 radical (unpaired) electrons. The molecule has 0 saturated carbocycles. The summed E-state index contributed by atoms with van der Waals surface area (Å²) < 4.78 is 31.6. The summed E-state index contributed by atoms with van der Waals surface area (Å²) in [4.78, 5) is 0. The second-order valence-corrected chi connectivity index (χ2v) is 1.34. The van der Waals surface area contributed by atoms with Gasteiger partial charge in [0, 0.05) is 33.3 Å².